The number of methoxy groups -OCH3 is 1. The van der Waals surface area contributed by atoms with Gasteiger partial charge in [-0.05, 0) is 54.7 Å². The number of benzene rings is 2. The zero-order valence-corrected chi connectivity index (χ0v) is 15.4. The molecule has 1 aliphatic heterocycles. The highest BCUT2D eigenvalue weighted by Gasteiger charge is 2.18. The van der Waals surface area contributed by atoms with Crippen molar-refractivity contribution in [2.45, 2.75) is 30.6 Å². The standard InChI is InChI=1S/C19H22N2O4S/c1-25-18-7-3-2-5-14(18)11-12-20-26(23,24)16-9-10-17-15(13-16)6-4-8-19(22)21-17/h2-3,5,7,9-10,13,20H,4,6,8,11-12H2,1H3,(H,21,22). The number of para-hydroxylation sites is 1. The first kappa shape index (κ1) is 18.4. The lowest BCUT2D eigenvalue weighted by molar-refractivity contribution is -0.116. The lowest BCUT2D eigenvalue weighted by atomic mass is 10.1. The van der Waals surface area contributed by atoms with Crippen molar-refractivity contribution in [3.05, 3.63) is 53.6 Å². The number of hydrogen-bond acceptors (Lipinski definition) is 4. The third-order valence-corrected chi connectivity index (χ3v) is 5.85. The van der Waals surface area contributed by atoms with E-state index in [2.05, 4.69) is 10.0 Å². The molecule has 0 aliphatic carbocycles. The molecule has 6 nitrogen and oxygen atoms in total. The molecule has 0 saturated carbocycles. The number of ether oxygens (including phenoxy) is 1. The molecule has 3 rings (SSSR count). The summed E-state index contributed by atoms with van der Waals surface area (Å²) in [5.41, 5.74) is 2.49. The minimum atomic E-state index is -3.61. The molecule has 1 aliphatic rings. The number of aryl methyl sites for hydroxylation is 1. The first-order chi connectivity index (χ1) is 12.5. The largest absolute Gasteiger partial charge is 0.496 e. The zero-order valence-electron chi connectivity index (χ0n) is 14.6. The molecule has 138 valence electrons. The molecular formula is C19H22N2O4S. The first-order valence-corrected chi connectivity index (χ1v) is 10.0. The van der Waals surface area contributed by atoms with Gasteiger partial charge in [0.25, 0.3) is 0 Å². The molecule has 0 fully saturated rings. The predicted octanol–water partition coefficient (Wildman–Crippen LogP) is 2.49. The quantitative estimate of drug-likeness (QED) is 0.814. The van der Waals surface area contributed by atoms with Crippen LogP contribution in [0.5, 0.6) is 5.75 Å². The van der Waals surface area contributed by atoms with Gasteiger partial charge in [-0.15, -0.1) is 0 Å². The summed E-state index contributed by atoms with van der Waals surface area (Å²) in [5.74, 6) is 0.710. The summed E-state index contributed by atoms with van der Waals surface area (Å²) in [6, 6.07) is 12.4. The number of fused-ring (bicyclic) bond motifs is 1. The fraction of sp³-hybridized carbons (Fsp3) is 0.316. The molecule has 1 amide bonds. The summed E-state index contributed by atoms with van der Waals surface area (Å²) in [4.78, 5) is 11.8. The Hall–Kier alpha value is -2.38. The van der Waals surface area contributed by atoms with Gasteiger partial charge in [-0.3, -0.25) is 4.79 Å². The summed E-state index contributed by atoms with van der Waals surface area (Å²) in [7, 11) is -2.02. The highest BCUT2D eigenvalue weighted by Crippen LogP contribution is 2.25. The van der Waals surface area contributed by atoms with Gasteiger partial charge in [0.2, 0.25) is 15.9 Å². The van der Waals surface area contributed by atoms with Crippen molar-refractivity contribution < 1.29 is 17.9 Å². The average molecular weight is 374 g/mol. The summed E-state index contributed by atoms with van der Waals surface area (Å²) < 4.78 is 33.1. The fourth-order valence-corrected chi connectivity index (χ4v) is 4.11. The van der Waals surface area contributed by atoms with Crippen molar-refractivity contribution in [2.75, 3.05) is 19.0 Å². The van der Waals surface area contributed by atoms with Crippen molar-refractivity contribution in [1.82, 2.24) is 4.72 Å². The SMILES string of the molecule is COc1ccccc1CCNS(=O)(=O)c1ccc2c(c1)CCCC(=O)N2. The van der Waals surface area contributed by atoms with E-state index in [0.29, 0.717) is 31.4 Å². The van der Waals surface area contributed by atoms with Crippen LogP contribution in [0.2, 0.25) is 0 Å². The molecule has 2 aromatic carbocycles. The van der Waals surface area contributed by atoms with E-state index in [9.17, 15) is 13.2 Å². The van der Waals surface area contributed by atoms with E-state index in [1.807, 2.05) is 24.3 Å². The van der Waals surface area contributed by atoms with Crippen molar-refractivity contribution in [2.24, 2.45) is 0 Å². The van der Waals surface area contributed by atoms with Crippen LogP contribution in [0.3, 0.4) is 0 Å². The number of hydrogen-bond donors (Lipinski definition) is 2. The Kier molecular flexibility index (Phi) is 5.58. The maximum atomic E-state index is 12.6. The third-order valence-electron chi connectivity index (χ3n) is 4.39. The molecular weight excluding hydrogens is 352 g/mol. The third kappa shape index (κ3) is 4.23. The number of nitrogens with one attached hydrogen (secondary N) is 2. The van der Waals surface area contributed by atoms with Crippen LogP contribution in [0, 0.1) is 0 Å². The van der Waals surface area contributed by atoms with Crippen LogP contribution < -0.4 is 14.8 Å². The molecule has 0 unspecified atom stereocenters. The summed E-state index contributed by atoms with van der Waals surface area (Å²) in [6.07, 6.45) is 2.38. The number of carbonyl (C=O) groups excluding carboxylic acids is 1. The molecule has 0 bridgehead atoms. The first-order valence-electron chi connectivity index (χ1n) is 8.54. The van der Waals surface area contributed by atoms with E-state index >= 15 is 0 Å². The molecule has 0 atom stereocenters. The second-order valence-corrected chi connectivity index (χ2v) is 7.95. The van der Waals surface area contributed by atoms with Gasteiger partial charge in [-0.2, -0.15) is 0 Å². The highest BCUT2D eigenvalue weighted by atomic mass is 32.2. The maximum Gasteiger partial charge on any atom is 0.240 e. The number of carbonyl (C=O) groups is 1. The summed E-state index contributed by atoms with van der Waals surface area (Å²) in [6.45, 7) is 0.274. The van der Waals surface area contributed by atoms with Crippen LogP contribution in [-0.2, 0) is 27.7 Å². The molecule has 2 N–H and O–H groups in total. The zero-order chi connectivity index (χ0) is 18.6. The normalized spacial score (nSPS) is 14.3. The van der Waals surface area contributed by atoms with Gasteiger partial charge in [0.05, 0.1) is 12.0 Å². The van der Waals surface area contributed by atoms with Gasteiger partial charge in [0.1, 0.15) is 5.75 Å². The van der Waals surface area contributed by atoms with E-state index in [4.69, 9.17) is 4.74 Å². The van der Waals surface area contributed by atoms with E-state index in [1.165, 1.54) is 6.07 Å². The van der Waals surface area contributed by atoms with Crippen LogP contribution in [-0.4, -0.2) is 28.0 Å². The lowest BCUT2D eigenvalue weighted by Gasteiger charge is -2.12. The molecule has 0 radical (unpaired) electrons. The highest BCUT2D eigenvalue weighted by molar-refractivity contribution is 7.89. The van der Waals surface area contributed by atoms with Crippen molar-refractivity contribution in [3.8, 4) is 5.75 Å². The summed E-state index contributed by atoms with van der Waals surface area (Å²) in [5, 5.41) is 2.81. The second kappa shape index (κ2) is 7.88. The Morgan fingerprint density at radius 2 is 1.96 bits per heavy atom. The Bertz CT molecular complexity index is 910. The topological polar surface area (TPSA) is 84.5 Å². The second-order valence-electron chi connectivity index (χ2n) is 6.18. The van der Waals surface area contributed by atoms with Gasteiger partial charge >= 0.3 is 0 Å². The van der Waals surface area contributed by atoms with E-state index in [1.54, 1.807) is 19.2 Å². The van der Waals surface area contributed by atoms with E-state index < -0.39 is 10.0 Å². The lowest BCUT2D eigenvalue weighted by Crippen LogP contribution is -2.26. The van der Waals surface area contributed by atoms with E-state index in [-0.39, 0.29) is 17.3 Å². The molecule has 0 saturated heterocycles. The Morgan fingerprint density at radius 1 is 1.15 bits per heavy atom. The van der Waals surface area contributed by atoms with Gasteiger partial charge < -0.3 is 10.1 Å². The number of anilines is 1. The van der Waals surface area contributed by atoms with Crippen molar-refractivity contribution in [3.63, 3.8) is 0 Å². The molecule has 0 spiro atoms. The Morgan fingerprint density at radius 3 is 2.77 bits per heavy atom. The van der Waals surface area contributed by atoms with Gasteiger partial charge in [-0.1, -0.05) is 18.2 Å². The van der Waals surface area contributed by atoms with Crippen LogP contribution >= 0.6 is 0 Å². The molecule has 0 aromatic heterocycles. The monoisotopic (exact) mass is 374 g/mol. The fourth-order valence-electron chi connectivity index (χ4n) is 3.03. The van der Waals surface area contributed by atoms with Gasteiger partial charge in [0.15, 0.2) is 0 Å². The Balaban J connectivity index is 1.70. The van der Waals surface area contributed by atoms with Gasteiger partial charge in [0, 0.05) is 18.7 Å². The Labute approximate surface area is 153 Å². The van der Waals surface area contributed by atoms with Crippen LogP contribution in [0.4, 0.5) is 5.69 Å². The van der Waals surface area contributed by atoms with E-state index in [0.717, 1.165) is 16.9 Å². The number of amides is 1. The maximum absolute atomic E-state index is 12.6. The summed E-state index contributed by atoms with van der Waals surface area (Å²) >= 11 is 0. The molecule has 2 aromatic rings. The number of sulfonamides is 1. The average Bonchev–Trinajstić information content (AvgIpc) is 2.81. The molecule has 7 heteroatoms. The van der Waals surface area contributed by atoms with Gasteiger partial charge in [-0.25, -0.2) is 13.1 Å². The van der Waals surface area contributed by atoms with Crippen molar-refractivity contribution >= 4 is 21.6 Å². The van der Waals surface area contributed by atoms with Crippen molar-refractivity contribution in [1.29, 1.82) is 0 Å². The number of rotatable bonds is 6. The predicted molar refractivity (Wildman–Crippen MR) is 99.9 cm³/mol. The molecule has 26 heavy (non-hydrogen) atoms. The van der Waals surface area contributed by atoms with Crippen LogP contribution in [0.15, 0.2) is 47.4 Å². The minimum Gasteiger partial charge on any atom is -0.496 e. The smallest absolute Gasteiger partial charge is 0.240 e. The molecule has 1 heterocycles. The van der Waals surface area contributed by atoms with Crippen LogP contribution in [0.25, 0.3) is 0 Å². The van der Waals surface area contributed by atoms with Crippen LogP contribution in [0.1, 0.15) is 24.0 Å². The minimum absolute atomic E-state index is 0.0331.